The van der Waals surface area contributed by atoms with Crippen molar-refractivity contribution in [2.75, 3.05) is 31.6 Å². The van der Waals surface area contributed by atoms with Crippen LogP contribution in [-0.2, 0) is 4.79 Å². The second kappa shape index (κ2) is 6.95. The Bertz CT molecular complexity index is 855. The summed E-state index contributed by atoms with van der Waals surface area (Å²) in [6.07, 6.45) is 0.317. The maximum atomic E-state index is 13.2. The van der Waals surface area contributed by atoms with Crippen molar-refractivity contribution in [2.24, 2.45) is 10.9 Å². The molecule has 0 saturated carbocycles. The third-order valence-electron chi connectivity index (χ3n) is 5.84. The van der Waals surface area contributed by atoms with E-state index >= 15 is 0 Å². The monoisotopic (exact) mass is 403 g/mol. The number of likely N-dealkylation sites (N-methyl/N-ethyl adjacent to an activating group) is 1. The van der Waals surface area contributed by atoms with Crippen LogP contribution in [0.1, 0.15) is 25.8 Å². The number of fused-ring (bicyclic) bond motifs is 3. The van der Waals surface area contributed by atoms with E-state index in [1.165, 1.54) is 4.90 Å². The summed E-state index contributed by atoms with van der Waals surface area (Å²) in [6, 6.07) is 5.09. The van der Waals surface area contributed by atoms with Crippen molar-refractivity contribution in [2.45, 2.75) is 39.4 Å². The number of carbonyl (C=O) groups excluding carboxylic acids is 2. The zero-order chi connectivity index (χ0) is 20.2. The second-order valence-electron chi connectivity index (χ2n) is 8.08. The van der Waals surface area contributed by atoms with Gasteiger partial charge < -0.3 is 14.7 Å². The van der Waals surface area contributed by atoms with Crippen LogP contribution in [0.4, 0.5) is 10.5 Å². The Hall–Kier alpha value is -2.28. The number of rotatable bonds is 4. The number of imide groups is 1. The average molecular weight is 404 g/mol. The normalized spacial score (nSPS) is 24.3. The number of halogens is 1. The third-order valence-corrected chi connectivity index (χ3v) is 6.25. The summed E-state index contributed by atoms with van der Waals surface area (Å²) in [5.41, 5.74) is 1.98. The number of aliphatic imine (C=N–C) groups is 1. The van der Waals surface area contributed by atoms with Gasteiger partial charge in [0.1, 0.15) is 0 Å². The molecule has 7 nitrogen and oxygen atoms in total. The van der Waals surface area contributed by atoms with Gasteiger partial charge in [-0.3, -0.25) is 9.69 Å². The minimum atomic E-state index is -0.479. The van der Waals surface area contributed by atoms with Crippen molar-refractivity contribution in [3.8, 4) is 0 Å². The van der Waals surface area contributed by atoms with Gasteiger partial charge in [-0.15, -0.1) is 0 Å². The van der Waals surface area contributed by atoms with Gasteiger partial charge in [0.2, 0.25) is 5.96 Å². The molecular formula is C20H26ClN5O2. The molecule has 2 unspecified atom stereocenters. The lowest BCUT2D eigenvalue weighted by Gasteiger charge is -2.40. The van der Waals surface area contributed by atoms with Gasteiger partial charge in [0.15, 0.2) is 12.2 Å². The van der Waals surface area contributed by atoms with E-state index in [0.717, 1.165) is 30.2 Å². The summed E-state index contributed by atoms with van der Waals surface area (Å²) in [4.78, 5) is 37.9. The molecule has 3 aliphatic heterocycles. The van der Waals surface area contributed by atoms with Crippen LogP contribution in [0.3, 0.4) is 0 Å². The summed E-state index contributed by atoms with van der Waals surface area (Å²) in [7, 11) is 1.73. The van der Waals surface area contributed by atoms with Crippen LogP contribution in [0.15, 0.2) is 23.2 Å². The van der Waals surface area contributed by atoms with Gasteiger partial charge in [-0.25, -0.2) is 9.79 Å². The van der Waals surface area contributed by atoms with Crippen molar-refractivity contribution >= 4 is 35.2 Å². The first kappa shape index (κ1) is 19.1. The average Bonchev–Trinajstić information content (AvgIpc) is 3.21. The van der Waals surface area contributed by atoms with Crippen molar-refractivity contribution < 1.29 is 9.59 Å². The highest BCUT2D eigenvalue weighted by atomic mass is 35.5. The van der Waals surface area contributed by atoms with E-state index in [1.807, 2.05) is 30.0 Å². The SMILES string of the molecule is Cc1c(Cl)cccc1N1CCN2C1=NC1C2C(=O)N(CCC(C)C)C(=O)N1C. The van der Waals surface area contributed by atoms with Gasteiger partial charge in [-0.1, -0.05) is 31.5 Å². The van der Waals surface area contributed by atoms with E-state index in [0.29, 0.717) is 24.0 Å². The molecule has 2 atom stereocenters. The number of hydrogen-bond donors (Lipinski definition) is 0. The lowest BCUT2D eigenvalue weighted by molar-refractivity contribution is -0.137. The number of guanidine groups is 1. The molecule has 2 saturated heterocycles. The Morgan fingerprint density at radius 1 is 1.25 bits per heavy atom. The molecule has 3 aliphatic rings. The smallest absolute Gasteiger partial charge is 0.325 e. The second-order valence-corrected chi connectivity index (χ2v) is 8.49. The molecule has 0 aliphatic carbocycles. The van der Waals surface area contributed by atoms with E-state index in [1.54, 1.807) is 11.9 Å². The topological polar surface area (TPSA) is 59.5 Å². The van der Waals surface area contributed by atoms with E-state index in [-0.39, 0.29) is 11.9 Å². The van der Waals surface area contributed by atoms with E-state index in [9.17, 15) is 9.59 Å². The molecule has 0 radical (unpaired) electrons. The van der Waals surface area contributed by atoms with Gasteiger partial charge in [0, 0.05) is 37.4 Å². The molecule has 3 amide bonds. The first-order chi connectivity index (χ1) is 13.3. The summed E-state index contributed by atoms with van der Waals surface area (Å²) < 4.78 is 0. The fraction of sp³-hybridized carbons (Fsp3) is 0.550. The molecule has 0 N–H and O–H groups in total. The highest BCUT2D eigenvalue weighted by Crippen LogP contribution is 2.35. The minimum Gasteiger partial charge on any atom is -0.325 e. The molecule has 0 spiro atoms. The number of amides is 3. The first-order valence-corrected chi connectivity index (χ1v) is 10.1. The molecule has 1 aromatic rings. The minimum absolute atomic E-state index is 0.142. The van der Waals surface area contributed by atoms with Gasteiger partial charge in [0.05, 0.1) is 0 Å². The van der Waals surface area contributed by atoms with Crippen LogP contribution < -0.4 is 4.90 Å². The van der Waals surface area contributed by atoms with Crippen LogP contribution in [0.5, 0.6) is 0 Å². The van der Waals surface area contributed by atoms with Crippen molar-refractivity contribution in [1.82, 2.24) is 14.7 Å². The summed E-state index contributed by atoms with van der Waals surface area (Å²) in [5, 5.41) is 0.704. The van der Waals surface area contributed by atoms with Crippen LogP contribution in [-0.4, -0.2) is 71.5 Å². The Morgan fingerprint density at radius 2 is 2.00 bits per heavy atom. The molecule has 150 valence electrons. The number of urea groups is 1. The maximum Gasteiger partial charge on any atom is 0.328 e. The summed E-state index contributed by atoms with van der Waals surface area (Å²) >= 11 is 6.31. The maximum absolute atomic E-state index is 13.2. The van der Waals surface area contributed by atoms with E-state index < -0.39 is 12.2 Å². The highest BCUT2D eigenvalue weighted by Gasteiger charge is 2.54. The molecule has 4 rings (SSSR count). The molecule has 28 heavy (non-hydrogen) atoms. The molecule has 0 aromatic heterocycles. The predicted molar refractivity (Wildman–Crippen MR) is 110 cm³/mol. The van der Waals surface area contributed by atoms with E-state index in [4.69, 9.17) is 16.6 Å². The van der Waals surface area contributed by atoms with Crippen molar-refractivity contribution in [1.29, 1.82) is 0 Å². The Kier molecular flexibility index (Phi) is 4.73. The predicted octanol–water partition coefficient (Wildman–Crippen LogP) is 2.77. The molecule has 3 heterocycles. The molecule has 8 heteroatoms. The molecular weight excluding hydrogens is 378 g/mol. The van der Waals surface area contributed by atoms with Crippen LogP contribution in [0.25, 0.3) is 0 Å². The molecule has 2 fully saturated rings. The van der Waals surface area contributed by atoms with Crippen LogP contribution >= 0.6 is 11.6 Å². The number of anilines is 1. The zero-order valence-corrected chi connectivity index (χ0v) is 17.5. The number of hydrogen-bond acceptors (Lipinski definition) is 5. The standard InChI is InChI=1S/C20H26ClN5O2/c1-12(2)8-9-26-18(27)16-17(23(4)20(26)28)22-19-24(10-11-25(16)19)15-7-5-6-14(21)13(15)3/h5-7,12,16-17H,8-11H2,1-4H3. The van der Waals surface area contributed by atoms with Crippen LogP contribution in [0.2, 0.25) is 5.02 Å². The van der Waals surface area contributed by atoms with Gasteiger partial charge in [-0.2, -0.15) is 0 Å². The largest absolute Gasteiger partial charge is 0.328 e. The Morgan fingerprint density at radius 3 is 2.71 bits per heavy atom. The Balaban J connectivity index is 1.64. The fourth-order valence-corrected chi connectivity index (χ4v) is 4.32. The molecule has 1 aromatic carbocycles. The van der Waals surface area contributed by atoms with E-state index in [2.05, 4.69) is 18.7 Å². The quantitative estimate of drug-likeness (QED) is 0.775. The summed E-state index contributed by atoms with van der Waals surface area (Å²) in [5.74, 6) is 1.03. The summed E-state index contributed by atoms with van der Waals surface area (Å²) in [6.45, 7) is 8.04. The lowest BCUT2D eigenvalue weighted by Crippen LogP contribution is -2.64. The van der Waals surface area contributed by atoms with Crippen LogP contribution in [0, 0.1) is 12.8 Å². The highest BCUT2D eigenvalue weighted by molar-refractivity contribution is 6.31. The third kappa shape index (κ3) is 2.83. The first-order valence-electron chi connectivity index (χ1n) is 9.76. The van der Waals surface area contributed by atoms with Crippen molar-refractivity contribution in [3.63, 3.8) is 0 Å². The Labute approximate surface area is 170 Å². The molecule has 0 bridgehead atoms. The number of benzene rings is 1. The van der Waals surface area contributed by atoms with Gasteiger partial charge >= 0.3 is 6.03 Å². The lowest BCUT2D eigenvalue weighted by atomic mass is 10.1. The van der Waals surface area contributed by atoms with Gasteiger partial charge in [-0.05, 0) is 37.0 Å². The van der Waals surface area contributed by atoms with Gasteiger partial charge in [0.25, 0.3) is 5.91 Å². The number of carbonyl (C=O) groups is 2. The zero-order valence-electron chi connectivity index (χ0n) is 16.7. The van der Waals surface area contributed by atoms with Crippen molar-refractivity contribution in [3.05, 3.63) is 28.8 Å². The fourth-order valence-electron chi connectivity index (χ4n) is 4.15. The number of nitrogens with zero attached hydrogens (tertiary/aromatic N) is 5.